The number of hydrogen-bond acceptors (Lipinski definition) is 5. The highest BCUT2D eigenvalue weighted by Crippen LogP contribution is 2.34. The average molecular weight is 397 g/mol. The molecule has 28 heavy (non-hydrogen) atoms. The van der Waals surface area contributed by atoms with Crippen molar-refractivity contribution < 1.29 is 27.8 Å². The van der Waals surface area contributed by atoms with E-state index in [4.69, 9.17) is 4.74 Å². The van der Waals surface area contributed by atoms with Crippen LogP contribution in [0.3, 0.4) is 0 Å². The zero-order valence-electron chi connectivity index (χ0n) is 15.3. The van der Waals surface area contributed by atoms with Crippen molar-refractivity contribution in [3.63, 3.8) is 0 Å². The van der Waals surface area contributed by atoms with E-state index in [9.17, 15) is 23.1 Å². The highest BCUT2D eigenvalue weighted by Gasteiger charge is 2.46. The number of halogens is 3. The van der Waals surface area contributed by atoms with Crippen LogP contribution in [-0.4, -0.2) is 54.0 Å². The minimum Gasteiger partial charge on any atom is -0.478 e. The predicted molar refractivity (Wildman–Crippen MR) is 97.6 cm³/mol. The lowest BCUT2D eigenvalue weighted by Crippen LogP contribution is -2.67. The Labute approximate surface area is 160 Å². The molecule has 1 fully saturated rings. The Morgan fingerprint density at radius 1 is 1.36 bits per heavy atom. The Bertz CT molecular complexity index is 788. The van der Waals surface area contributed by atoms with Gasteiger partial charge in [-0.2, -0.15) is 13.2 Å². The number of carboxylic acids is 1. The molecule has 0 aromatic heterocycles. The summed E-state index contributed by atoms with van der Waals surface area (Å²) in [5.41, 5.74) is -1.93. The van der Waals surface area contributed by atoms with Crippen LogP contribution in [0.25, 0.3) is 0 Å². The number of allylic oxidation sites excluding steroid dienone is 2. The number of nitrogens with zero attached hydrogens (tertiary/aromatic N) is 1. The summed E-state index contributed by atoms with van der Waals surface area (Å²) >= 11 is 0. The van der Waals surface area contributed by atoms with Crippen molar-refractivity contribution in [1.29, 1.82) is 0 Å². The van der Waals surface area contributed by atoms with Crippen molar-refractivity contribution >= 4 is 11.7 Å². The smallest absolute Gasteiger partial charge is 0.416 e. The molecule has 152 valence electrons. The number of morpholine rings is 1. The largest absolute Gasteiger partial charge is 0.478 e. The molecule has 0 aliphatic carbocycles. The minimum absolute atomic E-state index is 0.0198. The maximum Gasteiger partial charge on any atom is 0.416 e. The molecule has 2 aliphatic rings. The Hall–Kier alpha value is -2.52. The van der Waals surface area contributed by atoms with E-state index in [2.05, 4.69) is 10.6 Å². The second kappa shape index (κ2) is 7.84. The second-order valence-electron chi connectivity index (χ2n) is 6.72. The van der Waals surface area contributed by atoms with Gasteiger partial charge >= 0.3 is 12.1 Å². The van der Waals surface area contributed by atoms with Crippen molar-refractivity contribution in [3.05, 3.63) is 53.8 Å². The maximum atomic E-state index is 13.1. The van der Waals surface area contributed by atoms with E-state index >= 15 is 0 Å². The number of dihydropyridines is 1. The summed E-state index contributed by atoms with van der Waals surface area (Å²) in [5.74, 6) is -1.16. The summed E-state index contributed by atoms with van der Waals surface area (Å²) in [6.45, 7) is 4.03. The first-order valence-corrected chi connectivity index (χ1v) is 8.89. The van der Waals surface area contributed by atoms with Crippen LogP contribution < -0.4 is 10.6 Å². The van der Waals surface area contributed by atoms with Crippen molar-refractivity contribution in [3.8, 4) is 0 Å². The molecule has 1 aromatic carbocycles. The lowest BCUT2D eigenvalue weighted by molar-refractivity contribution is -0.137. The normalized spacial score (nSPS) is 24.2. The monoisotopic (exact) mass is 397 g/mol. The molecule has 2 unspecified atom stereocenters. The molecule has 2 heterocycles. The number of rotatable bonds is 5. The van der Waals surface area contributed by atoms with Gasteiger partial charge in [0.1, 0.15) is 0 Å². The van der Waals surface area contributed by atoms with Crippen molar-refractivity contribution in [1.82, 2.24) is 10.2 Å². The van der Waals surface area contributed by atoms with Crippen LogP contribution in [0.1, 0.15) is 12.5 Å². The number of carboxylic acid groups (broad SMARTS) is 1. The van der Waals surface area contributed by atoms with Crippen molar-refractivity contribution in [2.24, 2.45) is 0 Å². The van der Waals surface area contributed by atoms with Gasteiger partial charge in [-0.25, -0.2) is 4.79 Å². The Kier molecular flexibility index (Phi) is 5.66. The number of alkyl halides is 3. The van der Waals surface area contributed by atoms with E-state index in [0.717, 1.165) is 12.1 Å². The summed E-state index contributed by atoms with van der Waals surface area (Å²) in [7, 11) is 0. The highest BCUT2D eigenvalue weighted by molar-refractivity contribution is 5.91. The zero-order chi connectivity index (χ0) is 20.4. The SMILES string of the molecule is CC(N1CCOCC1)C1(Nc2cccc(C(F)(F)F)c2)NC=CC=C1C(=O)O. The van der Waals surface area contributed by atoms with E-state index in [-0.39, 0.29) is 11.3 Å². The summed E-state index contributed by atoms with van der Waals surface area (Å²) in [4.78, 5) is 14.0. The van der Waals surface area contributed by atoms with Crippen LogP contribution in [0.15, 0.2) is 48.2 Å². The summed E-state index contributed by atoms with van der Waals surface area (Å²) in [6, 6.07) is 4.35. The number of benzene rings is 1. The van der Waals surface area contributed by atoms with Crippen molar-refractivity contribution in [2.75, 3.05) is 31.6 Å². The number of aliphatic carboxylic acids is 1. The molecule has 2 atom stereocenters. The molecule has 1 saturated heterocycles. The van der Waals surface area contributed by atoms with Gasteiger partial charge in [-0.15, -0.1) is 0 Å². The van der Waals surface area contributed by atoms with Crippen LogP contribution in [-0.2, 0) is 15.7 Å². The molecule has 9 heteroatoms. The molecule has 0 bridgehead atoms. The number of hydrogen-bond donors (Lipinski definition) is 3. The minimum atomic E-state index is -4.49. The molecular formula is C19H22F3N3O3. The first-order valence-electron chi connectivity index (χ1n) is 8.89. The molecule has 0 saturated carbocycles. The van der Waals surface area contributed by atoms with Gasteiger partial charge in [-0.3, -0.25) is 4.90 Å². The fraction of sp³-hybridized carbons (Fsp3) is 0.421. The van der Waals surface area contributed by atoms with Gasteiger partial charge in [0.25, 0.3) is 0 Å². The number of ether oxygens (including phenoxy) is 1. The molecule has 6 nitrogen and oxygen atoms in total. The van der Waals surface area contributed by atoms with E-state index in [0.29, 0.717) is 26.3 Å². The van der Waals surface area contributed by atoms with E-state index in [1.54, 1.807) is 12.3 Å². The summed E-state index contributed by atoms with van der Waals surface area (Å²) < 4.78 is 44.7. The summed E-state index contributed by atoms with van der Waals surface area (Å²) in [5, 5.41) is 15.9. The first kappa shape index (κ1) is 20.2. The molecule has 0 amide bonds. The van der Waals surface area contributed by atoms with Gasteiger partial charge in [0.2, 0.25) is 0 Å². The van der Waals surface area contributed by atoms with Crippen LogP contribution in [0, 0.1) is 0 Å². The fourth-order valence-corrected chi connectivity index (χ4v) is 3.57. The van der Waals surface area contributed by atoms with Gasteiger partial charge in [0.05, 0.1) is 30.4 Å². The van der Waals surface area contributed by atoms with Crippen LogP contribution in [0.2, 0.25) is 0 Å². The quantitative estimate of drug-likeness (QED) is 0.710. The lowest BCUT2D eigenvalue weighted by atomic mass is 9.88. The van der Waals surface area contributed by atoms with E-state index in [1.165, 1.54) is 18.2 Å². The fourth-order valence-electron chi connectivity index (χ4n) is 3.57. The molecule has 1 aromatic rings. The third kappa shape index (κ3) is 4.00. The van der Waals surface area contributed by atoms with Gasteiger partial charge < -0.3 is 20.5 Å². The number of nitrogens with one attached hydrogen (secondary N) is 2. The second-order valence-corrected chi connectivity index (χ2v) is 6.72. The lowest BCUT2D eigenvalue weighted by Gasteiger charge is -2.47. The van der Waals surface area contributed by atoms with Crippen LogP contribution >= 0.6 is 0 Å². The molecular weight excluding hydrogens is 375 g/mol. The van der Waals surface area contributed by atoms with Gasteiger partial charge in [0, 0.05) is 18.8 Å². The number of carbonyl (C=O) groups is 1. The standard InChI is InChI=1S/C19H22F3N3O3/c1-13(25-8-10-28-11-9-25)18(16(17(26)27)6-3-7-23-18)24-15-5-2-4-14(12-15)19(20,21)22/h2-7,12-13,23-24H,8-11H2,1H3,(H,26,27). The third-order valence-electron chi connectivity index (χ3n) is 5.08. The third-order valence-corrected chi connectivity index (χ3v) is 5.08. The molecule has 0 spiro atoms. The van der Waals surface area contributed by atoms with Gasteiger partial charge in [0.15, 0.2) is 5.66 Å². The Morgan fingerprint density at radius 3 is 2.71 bits per heavy atom. The van der Waals surface area contributed by atoms with Gasteiger partial charge in [-0.1, -0.05) is 6.07 Å². The highest BCUT2D eigenvalue weighted by atomic mass is 19.4. The van der Waals surface area contributed by atoms with Gasteiger partial charge in [-0.05, 0) is 43.5 Å². The average Bonchev–Trinajstić information content (AvgIpc) is 2.68. The Balaban J connectivity index is 2.01. The maximum absolute atomic E-state index is 13.1. The molecule has 0 radical (unpaired) electrons. The van der Waals surface area contributed by atoms with Crippen molar-refractivity contribution in [2.45, 2.75) is 24.8 Å². The topological polar surface area (TPSA) is 73.8 Å². The predicted octanol–water partition coefficient (Wildman–Crippen LogP) is 2.66. The molecule has 3 rings (SSSR count). The summed E-state index contributed by atoms with van der Waals surface area (Å²) in [6.07, 6.45) is 0.105. The molecule has 2 aliphatic heterocycles. The first-order chi connectivity index (χ1) is 13.2. The number of anilines is 1. The van der Waals surface area contributed by atoms with Crippen LogP contribution in [0.5, 0.6) is 0 Å². The zero-order valence-corrected chi connectivity index (χ0v) is 15.3. The van der Waals surface area contributed by atoms with Crippen LogP contribution in [0.4, 0.5) is 18.9 Å². The molecule has 3 N–H and O–H groups in total. The Morgan fingerprint density at radius 2 is 2.07 bits per heavy atom. The van der Waals surface area contributed by atoms with E-state index in [1.807, 2.05) is 11.8 Å². The van der Waals surface area contributed by atoms with E-state index < -0.39 is 29.4 Å².